The summed E-state index contributed by atoms with van der Waals surface area (Å²) in [6, 6.07) is 0. The molecule has 0 fully saturated rings. The monoisotopic (exact) mass is 213 g/mol. The Balaban J connectivity index is 2.33. The summed E-state index contributed by atoms with van der Waals surface area (Å²) in [6.07, 6.45) is 3.14. The van der Waals surface area contributed by atoms with Crippen molar-refractivity contribution in [3.05, 3.63) is 18.0 Å². The molecule has 1 N–H and O–H groups in total. The molecule has 1 unspecified atom stereocenters. The van der Waals surface area contributed by atoms with Crippen molar-refractivity contribution in [1.82, 2.24) is 15.1 Å². The highest BCUT2D eigenvalue weighted by molar-refractivity contribution is 5.05. The molecule has 0 aliphatic heterocycles. The van der Waals surface area contributed by atoms with E-state index in [0.717, 1.165) is 5.56 Å². The van der Waals surface area contributed by atoms with Crippen molar-refractivity contribution in [3.63, 3.8) is 0 Å². The van der Waals surface area contributed by atoms with Gasteiger partial charge in [0.2, 0.25) is 0 Å². The fourth-order valence-electron chi connectivity index (χ4n) is 1.32. The van der Waals surface area contributed by atoms with E-state index in [0.29, 0.717) is 13.0 Å². The molecule has 0 amide bonds. The van der Waals surface area contributed by atoms with Crippen LogP contribution in [0.25, 0.3) is 0 Å². The Morgan fingerprint density at radius 3 is 2.67 bits per heavy atom. The Hall–Kier alpha value is -0.900. The SMILES string of the molecule is Cn1cc(CC(F)CNC(C)(C)C)cn1. The van der Waals surface area contributed by atoms with Crippen LogP contribution in [-0.2, 0) is 13.5 Å². The maximum atomic E-state index is 13.5. The van der Waals surface area contributed by atoms with Crippen LogP contribution in [0.3, 0.4) is 0 Å². The minimum atomic E-state index is -0.853. The Morgan fingerprint density at radius 2 is 2.20 bits per heavy atom. The summed E-state index contributed by atoms with van der Waals surface area (Å²) in [7, 11) is 1.84. The average Bonchev–Trinajstić information content (AvgIpc) is 2.47. The second-order valence-electron chi connectivity index (χ2n) is 4.95. The number of rotatable bonds is 4. The van der Waals surface area contributed by atoms with Crippen LogP contribution in [0.15, 0.2) is 12.4 Å². The first kappa shape index (κ1) is 12.2. The van der Waals surface area contributed by atoms with Gasteiger partial charge in [0, 0.05) is 31.7 Å². The van der Waals surface area contributed by atoms with Crippen molar-refractivity contribution in [3.8, 4) is 0 Å². The predicted octanol–water partition coefficient (Wildman–Crippen LogP) is 1.69. The van der Waals surface area contributed by atoms with Gasteiger partial charge in [0.1, 0.15) is 6.17 Å². The van der Waals surface area contributed by atoms with Gasteiger partial charge in [0.15, 0.2) is 0 Å². The standard InChI is InChI=1S/C11H20FN3/c1-11(2,3)13-7-10(12)5-9-6-14-15(4)8-9/h6,8,10,13H,5,7H2,1-4H3. The first-order valence-corrected chi connectivity index (χ1v) is 5.23. The van der Waals surface area contributed by atoms with Gasteiger partial charge >= 0.3 is 0 Å². The summed E-state index contributed by atoms with van der Waals surface area (Å²) in [5, 5.41) is 7.15. The van der Waals surface area contributed by atoms with Gasteiger partial charge in [0.05, 0.1) is 6.20 Å². The number of nitrogens with zero attached hydrogens (tertiary/aromatic N) is 2. The summed E-state index contributed by atoms with van der Waals surface area (Å²) in [5.41, 5.74) is 0.917. The van der Waals surface area contributed by atoms with Gasteiger partial charge < -0.3 is 5.32 Å². The van der Waals surface area contributed by atoms with E-state index < -0.39 is 6.17 Å². The molecule has 0 radical (unpaired) electrons. The maximum absolute atomic E-state index is 13.5. The lowest BCUT2D eigenvalue weighted by molar-refractivity contribution is 0.284. The van der Waals surface area contributed by atoms with Gasteiger partial charge in [-0.1, -0.05) is 0 Å². The number of hydrogen-bond acceptors (Lipinski definition) is 2. The van der Waals surface area contributed by atoms with Gasteiger partial charge in [-0.3, -0.25) is 4.68 Å². The Kier molecular flexibility index (Phi) is 3.85. The molecule has 0 aliphatic carbocycles. The smallest absolute Gasteiger partial charge is 0.117 e. The Bertz CT molecular complexity index is 301. The van der Waals surface area contributed by atoms with E-state index in [4.69, 9.17) is 0 Å². The quantitative estimate of drug-likeness (QED) is 0.825. The van der Waals surface area contributed by atoms with Crippen LogP contribution < -0.4 is 5.32 Å². The summed E-state index contributed by atoms with van der Waals surface area (Å²) in [6.45, 7) is 6.48. The van der Waals surface area contributed by atoms with Crippen LogP contribution in [-0.4, -0.2) is 28.0 Å². The molecule has 1 aromatic rings. The summed E-state index contributed by atoms with van der Waals surface area (Å²) in [5.74, 6) is 0. The highest BCUT2D eigenvalue weighted by Crippen LogP contribution is 2.06. The molecule has 0 aliphatic rings. The predicted molar refractivity (Wildman–Crippen MR) is 59.6 cm³/mol. The fourth-order valence-corrected chi connectivity index (χ4v) is 1.32. The molecule has 86 valence electrons. The van der Waals surface area contributed by atoms with Crippen LogP contribution in [0.2, 0.25) is 0 Å². The zero-order chi connectivity index (χ0) is 11.5. The lowest BCUT2D eigenvalue weighted by atomic mass is 10.1. The molecule has 0 saturated carbocycles. The molecule has 0 bridgehead atoms. The maximum Gasteiger partial charge on any atom is 0.117 e. The van der Waals surface area contributed by atoms with E-state index in [1.165, 1.54) is 0 Å². The number of nitrogens with one attached hydrogen (secondary N) is 1. The van der Waals surface area contributed by atoms with Crippen LogP contribution in [0.4, 0.5) is 4.39 Å². The largest absolute Gasteiger partial charge is 0.309 e. The highest BCUT2D eigenvalue weighted by Gasteiger charge is 2.14. The molecular weight excluding hydrogens is 193 g/mol. The molecule has 0 saturated heterocycles. The molecule has 15 heavy (non-hydrogen) atoms. The molecule has 4 heteroatoms. The van der Waals surface area contributed by atoms with Crippen molar-refractivity contribution < 1.29 is 4.39 Å². The number of alkyl halides is 1. The van der Waals surface area contributed by atoms with Crippen molar-refractivity contribution in [1.29, 1.82) is 0 Å². The molecule has 1 rings (SSSR count). The first-order chi connectivity index (χ1) is 6.87. The average molecular weight is 213 g/mol. The van der Waals surface area contributed by atoms with Crippen LogP contribution in [0, 0.1) is 0 Å². The molecule has 1 atom stereocenters. The summed E-state index contributed by atoms with van der Waals surface area (Å²) in [4.78, 5) is 0. The van der Waals surface area contributed by atoms with E-state index in [-0.39, 0.29) is 5.54 Å². The second kappa shape index (κ2) is 4.75. The number of halogens is 1. The van der Waals surface area contributed by atoms with Crippen molar-refractivity contribution in [2.45, 2.75) is 38.9 Å². The van der Waals surface area contributed by atoms with E-state index in [1.807, 2.05) is 34.0 Å². The molecule has 0 spiro atoms. The Labute approximate surface area is 90.7 Å². The zero-order valence-corrected chi connectivity index (χ0v) is 9.92. The topological polar surface area (TPSA) is 29.9 Å². The minimum Gasteiger partial charge on any atom is -0.309 e. The van der Waals surface area contributed by atoms with E-state index >= 15 is 0 Å². The third kappa shape index (κ3) is 4.93. The van der Waals surface area contributed by atoms with Crippen molar-refractivity contribution in [2.75, 3.05) is 6.54 Å². The van der Waals surface area contributed by atoms with Gasteiger partial charge in [-0.05, 0) is 26.3 Å². The minimum absolute atomic E-state index is 0.0285. The molecule has 1 aromatic heterocycles. The number of aryl methyl sites for hydroxylation is 1. The molecular formula is C11H20FN3. The summed E-state index contributed by atoms with van der Waals surface area (Å²) < 4.78 is 15.2. The van der Waals surface area contributed by atoms with Gasteiger partial charge in [-0.15, -0.1) is 0 Å². The van der Waals surface area contributed by atoms with Crippen LogP contribution in [0.5, 0.6) is 0 Å². The van der Waals surface area contributed by atoms with E-state index in [1.54, 1.807) is 10.9 Å². The van der Waals surface area contributed by atoms with Crippen molar-refractivity contribution >= 4 is 0 Å². The highest BCUT2D eigenvalue weighted by atomic mass is 19.1. The zero-order valence-electron chi connectivity index (χ0n) is 9.92. The first-order valence-electron chi connectivity index (χ1n) is 5.23. The molecule has 0 aromatic carbocycles. The second-order valence-corrected chi connectivity index (χ2v) is 4.95. The van der Waals surface area contributed by atoms with Crippen molar-refractivity contribution in [2.24, 2.45) is 7.05 Å². The lowest BCUT2D eigenvalue weighted by Crippen LogP contribution is -2.40. The van der Waals surface area contributed by atoms with Gasteiger partial charge in [-0.2, -0.15) is 5.10 Å². The normalized spacial score (nSPS) is 14.2. The molecule has 3 nitrogen and oxygen atoms in total. The molecule has 1 heterocycles. The Morgan fingerprint density at radius 1 is 1.53 bits per heavy atom. The van der Waals surface area contributed by atoms with Crippen LogP contribution >= 0.6 is 0 Å². The number of hydrogen-bond donors (Lipinski definition) is 1. The fraction of sp³-hybridized carbons (Fsp3) is 0.727. The third-order valence-corrected chi connectivity index (χ3v) is 2.07. The summed E-state index contributed by atoms with van der Waals surface area (Å²) >= 11 is 0. The van der Waals surface area contributed by atoms with Gasteiger partial charge in [-0.25, -0.2) is 4.39 Å². The lowest BCUT2D eigenvalue weighted by Gasteiger charge is -2.21. The third-order valence-electron chi connectivity index (χ3n) is 2.07. The van der Waals surface area contributed by atoms with E-state index in [9.17, 15) is 4.39 Å². The van der Waals surface area contributed by atoms with Crippen LogP contribution in [0.1, 0.15) is 26.3 Å². The van der Waals surface area contributed by atoms with Gasteiger partial charge in [0.25, 0.3) is 0 Å². The van der Waals surface area contributed by atoms with E-state index in [2.05, 4.69) is 10.4 Å². The number of aromatic nitrogens is 2.